The van der Waals surface area contributed by atoms with Gasteiger partial charge in [0.15, 0.2) is 0 Å². The molecule has 0 radical (unpaired) electrons. The third-order valence-electron chi connectivity index (χ3n) is 15.1. The van der Waals surface area contributed by atoms with Gasteiger partial charge in [-0.3, -0.25) is 18.4 Å². The Morgan fingerprint density at radius 2 is 0.951 bits per heavy atom. The van der Waals surface area contributed by atoms with Crippen LogP contribution >= 0.6 is 23.5 Å². The Morgan fingerprint density at radius 3 is 1.37 bits per heavy atom. The SMILES string of the molecule is CSc1cc(C)c2c(ccn2S(=O)(=O)c2ccc(C)cc2)c1C(CS(=O)C(C)(C)C)C1=Nc2cc(C#N)ccc2C1.CSc1cc(C)c2c(ccn2S(=O)(=O)c2ccc(C)cc2)c1C(CS(=O)C(C)(C)C)C1=Nc2ccc(C#N)cc2C1. The standard InChI is InChI=1S/2C32H33N3O3S3/c1-20-7-11-24(12-8-20)41(37,38)35-14-13-25-30(29(39-6)15-21(2)31(25)35)26(19-40(36)32(3,4)5)28-17-23-10-9-22(18-33)16-27(23)34-28;1-20-7-10-24(11-8-20)41(37,38)35-14-13-25-30(29(39-6)15-21(2)31(25)35)26(19-40(36)32(3,4)5)28-17-23-16-22(18-33)9-12-27(23)34-28/h2*7-16,26H,17,19H2,1-6H3. The summed E-state index contributed by atoms with van der Waals surface area (Å²) in [6, 6.07) is 37.0. The number of thioether (sulfide) groups is 2. The average molecular weight is 1210 g/mol. The molecular formula is C64H66N6O6S6. The number of aromatic nitrogens is 2. The normalized spacial score (nSPS) is 14.9. The highest BCUT2D eigenvalue weighted by Gasteiger charge is 2.36. The van der Waals surface area contributed by atoms with E-state index in [0.717, 1.165) is 87.9 Å². The zero-order valence-corrected chi connectivity index (χ0v) is 53.0. The number of aliphatic imine (C=N–C) groups is 2. The van der Waals surface area contributed by atoms with Gasteiger partial charge in [-0.15, -0.1) is 23.5 Å². The molecule has 6 aromatic carbocycles. The third-order valence-corrected chi connectivity index (χ3v) is 24.0. The Labute approximate surface area is 496 Å². The van der Waals surface area contributed by atoms with Crippen molar-refractivity contribution >= 4 is 110 Å². The molecule has 8 aromatic rings. The maximum atomic E-state index is 13.8. The lowest BCUT2D eigenvalue weighted by molar-refractivity contribution is 0.587. The highest BCUT2D eigenvalue weighted by Crippen LogP contribution is 2.45. The van der Waals surface area contributed by atoms with Crippen molar-refractivity contribution < 1.29 is 25.3 Å². The van der Waals surface area contributed by atoms with E-state index in [9.17, 15) is 35.8 Å². The summed E-state index contributed by atoms with van der Waals surface area (Å²) >= 11 is 3.19. The van der Waals surface area contributed by atoms with Crippen molar-refractivity contribution in [3.63, 3.8) is 0 Å². The van der Waals surface area contributed by atoms with Gasteiger partial charge in [0.05, 0.1) is 55.5 Å². The van der Waals surface area contributed by atoms with E-state index in [2.05, 4.69) is 12.1 Å². The molecule has 82 heavy (non-hydrogen) atoms. The first-order chi connectivity index (χ1) is 38.7. The van der Waals surface area contributed by atoms with E-state index in [1.54, 1.807) is 103 Å². The van der Waals surface area contributed by atoms with Crippen LogP contribution in [0.4, 0.5) is 11.4 Å². The predicted molar refractivity (Wildman–Crippen MR) is 339 cm³/mol. The summed E-state index contributed by atoms with van der Waals surface area (Å²) in [5.41, 5.74) is 13.3. The first-order valence-electron chi connectivity index (χ1n) is 26.7. The molecule has 0 saturated carbocycles. The van der Waals surface area contributed by atoms with Crippen LogP contribution in [0.5, 0.6) is 0 Å². The van der Waals surface area contributed by atoms with Gasteiger partial charge in [0.1, 0.15) is 0 Å². The van der Waals surface area contributed by atoms with E-state index < -0.39 is 51.1 Å². The van der Waals surface area contributed by atoms with Crippen LogP contribution in [0, 0.1) is 50.4 Å². The zero-order valence-electron chi connectivity index (χ0n) is 48.1. The van der Waals surface area contributed by atoms with Gasteiger partial charge in [0.2, 0.25) is 0 Å². The van der Waals surface area contributed by atoms with E-state index in [0.29, 0.717) is 46.5 Å². The molecule has 0 saturated heterocycles. The van der Waals surface area contributed by atoms with Gasteiger partial charge >= 0.3 is 0 Å². The molecule has 0 spiro atoms. The number of rotatable bonds is 14. The number of nitriles is 2. The Kier molecular flexibility index (Phi) is 17.1. The second-order valence-corrected chi connectivity index (χ2v) is 32.7. The predicted octanol–water partition coefficient (Wildman–Crippen LogP) is 14.1. The van der Waals surface area contributed by atoms with Crippen LogP contribution in [0.1, 0.15) is 109 Å². The Hall–Kier alpha value is -6.38. The van der Waals surface area contributed by atoms with Crippen molar-refractivity contribution in [3.05, 3.63) is 177 Å². The van der Waals surface area contributed by atoms with Crippen molar-refractivity contribution in [2.24, 2.45) is 9.98 Å². The van der Waals surface area contributed by atoms with E-state index in [4.69, 9.17) is 9.98 Å². The molecule has 2 aliphatic rings. The minimum atomic E-state index is -3.85. The van der Waals surface area contributed by atoms with Crippen LogP contribution in [0.25, 0.3) is 21.8 Å². The number of aryl methyl sites for hydroxylation is 4. The number of benzene rings is 6. The molecule has 18 heteroatoms. The maximum Gasteiger partial charge on any atom is 0.268 e. The van der Waals surface area contributed by atoms with Crippen molar-refractivity contribution in [3.8, 4) is 12.1 Å². The van der Waals surface area contributed by atoms with Gasteiger partial charge in [0.25, 0.3) is 20.0 Å². The molecule has 2 aromatic heterocycles. The van der Waals surface area contributed by atoms with Gasteiger partial charge in [-0.25, -0.2) is 24.8 Å². The molecule has 0 amide bonds. The van der Waals surface area contributed by atoms with E-state index >= 15 is 0 Å². The molecule has 0 N–H and O–H groups in total. The van der Waals surface area contributed by atoms with Crippen LogP contribution in [0.15, 0.2) is 151 Å². The van der Waals surface area contributed by atoms with Gasteiger partial charge in [-0.1, -0.05) is 41.5 Å². The molecule has 4 atom stereocenters. The van der Waals surface area contributed by atoms with E-state index in [-0.39, 0.29) is 21.6 Å². The molecule has 2 aliphatic heterocycles. The summed E-state index contributed by atoms with van der Waals surface area (Å²) < 4.78 is 84.6. The first-order valence-corrected chi connectivity index (χ1v) is 34.7. The van der Waals surface area contributed by atoms with Crippen LogP contribution in [0.3, 0.4) is 0 Å². The van der Waals surface area contributed by atoms with Gasteiger partial charge in [-0.2, -0.15) is 10.5 Å². The molecule has 0 aliphatic carbocycles. The molecule has 0 fully saturated rings. The van der Waals surface area contributed by atoms with Crippen LogP contribution in [0.2, 0.25) is 0 Å². The number of hydrogen-bond acceptors (Lipinski definition) is 12. The van der Waals surface area contributed by atoms with Crippen LogP contribution in [-0.2, 0) is 54.5 Å². The lowest BCUT2D eigenvalue weighted by Crippen LogP contribution is -2.30. The fourth-order valence-corrected chi connectivity index (χ4v) is 17.2. The topological polar surface area (TPSA) is 185 Å². The lowest BCUT2D eigenvalue weighted by atomic mass is 9.89. The summed E-state index contributed by atoms with van der Waals surface area (Å²) in [6.45, 7) is 19.5. The fraction of sp³-hybridized carbons (Fsp3) is 0.312. The van der Waals surface area contributed by atoms with Crippen molar-refractivity contribution in [2.75, 3.05) is 24.0 Å². The summed E-state index contributed by atoms with van der Waals surface area (Å²) in [7, 11) is -10.1. The highest BCUT2D eigenvalue weighted by atomic mass is 32.2. The van der Waals surface area contributed by atoms with E-state index in [1.165, 1.54) is 7.94 Å². The molecule has 12 nitrogen and oxygen atoms in total. The lowest BCUT2D eigenvalue weighted by Gasteiger charge is -2.26. The minimum absolute atomic E-state index is 0.227. The zero-order chi connectivity index (χ0) is 59.4. The summed E-state index contributed by atoms with van der Waals surface area (Å²) in [5.74, 6) is 0.0828. The quantitative estimate of drug-likeness (QED) is 0.0949. The summed E-state index contributed by atoms with van der Waals surface area (Å²) in [6.07, 6.45) is 8.39. The number of fused-ring (bicyclic) bond motifs is 4. The first kappa shape index (κ1) is 60.2. The largest absolute Gasteiger partial charge is 0.268 e. The maximum absolute atomic E-state index is 13.8. The van der Waals surface area contributed by atoms with E-state index in [1.807, 2.05) is 124 Å². The Balaban J connectivity index is 0.000000198. The monoisotopic (exact) mass is 1210 g/mol. The second-order valence-electron chi connectivity index (χ2n) is 22.8. The van der Waals surface area contributed by atoms with Crippen LogP contribution in [-0.4, -0.2) is 78.1 Å². The molecule has 10 rings (SSSR count). The van der Waals surface area contributed by atoms with Crippen LogP contribution < -0.4 is 0 Å². The van der Waals surface area contributed by atoms with Crippen molar-refractivity contribution in [1.29, 1.82) is 10.5 Å². The average Bonchev–Trinajstić information content (AvgIpc) is 3.03. The number of nitrogens with zero attached hydrogens (tertiary/aromatic N) is 6. The van der Waals surface area contributed by atoms with Crippen molar-refractivity contribution in [1.82, 2.24) is 7.94 Å². The fourth-order valence-electron chi connectivity index (χ4n) is 10.6. The minimum Gasteiger partial charge on any atom is -0.259 e. The molecule has 4 heterocycles. The third kappa shape index (κ3) is 11.8. The van der Waals surface area contributed by atoms with Gasteiger partial charge < -0.3 is 0 Å². The van der Waals surface area contributed by atoms with Gasteiger partial charge in [-0.05, 0) is 194 Å². The number of hydrogen-bond donors (Lipinski definition) is 0. The molecule has 424 valence electrons. The smallest absolute Gasteiger partial charge is 0.259 e. The molecule has 4 unspecified atom stereocenters. The Bertz CT molecular complexity index is 4300. The second kappa shape index (κ2) is 23.3. The summed E-state index contributed by atoms with van der Waals surface area (Å²) in [4.78, 5) is 12.4. The summed E-state index contributed by atoms with van der Waals surface area (Å²) in [5, 5.41) is 20.5. The highest BCUT2D eigenvalue weighted by molar-refractivity contribution is 7.99. The van der Waals surface area contributed by atoms with Crippen molar-refractivity contribution in [2.45, 2.75) is 123 Å². The molecule has 0 bridgehead atoms. The van der Waals surface area contributed by atoms with Gasteiger partial charge in [0, 0.05) is 112 Å². The Morgan fingerprint density at radius 1 is 0.549 bits per heavy atom. The molecular weight excluding hydrogens is 1140 g/mol.